The second-order valence-electron chi connectivity index (χ2n) is 4.56. The van der Waals surface area contributed by atoms with E-state index < -0.39 is 0 Å². The number of nitrogens with zero attached hydrogens (tertiary/aromatic N) is 4. The maximum atomic E-state index is 4.34. The molecule has 0 aliphatic carbocycles. The van der Waals surface area contributed by atoms with Crippen molar-refractivity contribution in [3.8, 4) is 0 Å². The Labute approximate surface area is 99.1 Å². The van der Waals surface area contributed by atoms with Gasteiger partial charge < -0.3 is 4.90 Å². The van der Waals surface area contributed by atoms with Crippen LogP contribution in [0.1, 0.15) is 27.2 Å². The van der Waals surface area contributed by atoms with Crippen LogP contribution in [0.2, 0.25) is 0 Å². The van der Waals surface area contributed by atoms with Crippen molar-refractivity contribution in [3.63, 3.8) is 0 Å². The van der Waals surface area contributed by atoms with E-state index in [-0.39, 0.29) is 0 Å². The van der Waals surface area contributed by atoms with Crippen LogP contribution in [0.15, 0.2) is 9.98 Å². The number of likely N-dealkylation sites (N-methyl/N-ethyl adjacent to an activating group) is 1. The van der Waals surface area contributed by atoms with Gasteiger partial charge in [0.25, 0.3) is 0 Å². The van der Waals surface area contributed by atoms with E-state index in [1.807, 2.05) is 6.92 Å². The predicted molar refractivity (Wildman–Crippen MR) is 70.4 cm³/mol. The van der Waals surface area contributed by atoms with Gasteiger partial charge in [-0.15, -0.1) is 0 Å². The molecule has 1 aliphatic heterocycles. The van der Waals surface area contributed by atoms with Crippen molar-refractivity contribution in [3.05, 3.63) is 0 Å². The van der Waals surface area contributed by atoms with Gasteiger partial charge in [-0.2, -0.15) is 0 Å². The molecule has 0 bridgehead atoms. The lowest BCUT2D eigenvalue weighted by Gasteiger charge is -2.36. The van der Waals surface area contributed by atoms with E-state index >= 15 is 0 Å². The molecule has 0 amide bonds. The number of rotatable bonds is 4. The first-order valence-electron chi connectivity index (χ1n) is 6.07. The third kappa shape index (κ3) is 4.41. The van der Waals surface area contributed by atoms with E-state index in [4.69, 9.17) is 0 Å². The Hall–Kier alpha value is -0.740. The van der Waals surface area contributed by atoms with E-state index in [0.717, 1.165) is 38.4 Å². The average Bonchev–Trinajstić information content (AvgIpc) is 2.28. The summed E-state index contributed by atoms with van der Waals surface area (Å²) in [6, 6.07) is 0.629. The molecule has 1 saturated heterocycles. The topological polar surface area (TPSA) is 31.2 Å². The van der Waals surface area contributed by atoms with Crippen molar-refractivity contribution in [2.45, 2.75) is 33.2 Å². The van der Waals surface area contributed by atoms with Crippen LogP contribution in [0.3, 0.4) is 0 Å². The minimum Gasteiger partial charge on any atom is -0.301 e. The van der Waals surface area contributed by atoms with Crippen molar-refractivity contribution in [1.82, 2.24) is 9.80 Å². The van der Waals surface area contributed by atoms with Crippen LogP contribution in [0, 0.1) is 0 Å². The zero-order chi connectivity index (χ0) is 12.0. The Balaban J connectivity index is 2.28. The summed E-state index contributed by atoms with van der Waals surface area (Å²) in [5, 5.41) is 0. The van der Waals surface area contributed by atoms with Crippen molar-refractivity contribution in [2.24, 2.45) is 9.98 Å². The van der Waals surface area contributed by atoms with Gasteiger partial charge in [0.15, 0.2) is 0 Å². The van der Waals surface area contributed by atoms with E-state index in [1.54, 1.807) is 6.34 Å². The molecule has 0 radical (unpaired) electrons. The molecule has 4 nitrogen and oxygen atoms in total. The molecular formula is C12H24N4. The molecule has 1 fully saturated rings. The van der Waals surface area contributed by atoms with Crippen molar-refractivity contribution < 1.29 is 0 Å². The highest BCUT2D eigenvalue weighted by atomic mass is 15.3. The fraction of sp³-hybridized carbons (Fsp3) is 0.833. The van der Waals surface area contributed by atoms with E-state index in [2.05, 4.69) is 40.7 Å². The molecule has 1 heterocycles. The zero-order valence-corrected chi connectivity index (χ0v) is 11.0. The fourth-order valence-corrected chi connectivity index (χ4v) is 1.63. The maximum absolute atomic E-state index is 4.34. The summed E-state index contributed by atoms with van der Waals surface area (Å²) in [5.74, 6) is 0. The summed E-state index contributed by atoms with van der Waals surface area (Å²) in [6.45, 7) is 10.5. The lowest BCUT2D eigenvalue weighted by molar-refractivity contribution is 0.108. The minimum atomic E-state index is 0.629. The summed E-state index contributed by atoms with van der Waals surface area (Å²) in [5.41, 5.74) is 1.13. The number of aliphatic imine (C=N–C) groups is 2. The average molecular weight is 224 g/mol. The highest BCUT2D eigenvalue weighted by molar-refractivity contribution is 5.88. The van der Waals surface area contributed by atoms with Crippen LogP contribution < -0.4 is 0 Å². The normalized spacial score (nSPS) is 25.5. The summed E-state index contributed by atoms with van der Waals surface area (Å²) in [6.07, 6.45) is 2.69. The molecule has 0 saturated carbocycles. The maximum Gasteiger partial charge on any atom is 0.111 e. The molecule has 1 rings (SSSR count). The largest absolute Gasteiger partial charge is 0.301 e. The second kappa shape index (κ2) is 6.76. The van der Waals surface area contributed by atoms with Gasteiger partial charge in [-0.3, -0.25) is 9.89 Å². The first-order valence-corrected chi connectivity index (χ1v) is 6.07. The molecule has 16 heavy (non-hydrogen) atoms. The molecule has 1 atom stereocenters. The quantitative estimate of drug-likeness (QED) is 0.535. The molecule has 0 aromatic rings. The van der Waals surface area contributed by atoms with Crippen molar-refractivity contribution in [1.29, 1.82) is 0 Å². The van der Waals surface area contributed by atoms with Crippen LogP contribution >= 0.6 is 0 Å². The first kappa shape index (κ1) is 13.3. The van der Waals surface area contributed by atoms with Crippen LogP contribution in [0.4, 0.5) is 0 Å². The summed E-state index contributed by atoms with van der Waals surface area (Å²) >= 11 is 0. The second-order valence-corrected chi connectivity index (χ2v) is 4.56. The van der Waals surface area contributed by atoms with E-state index in [9.17, 15) is 0 Å². The molecule has 0 spiro atoms. The van der Waals surface area contributed by atoms with Gasteiger partial charge in [0, 0.05) is 31.4 Å². The minimum absolute atomic E-state index is 0.629. The molecule has 0 aromatic heterocycles. The lowest BCUT2D eigenvalue weighted by atomic mass is 10.2. The van der Waals surface area contributed by atoms with Crippen LogP contribution in [0.25, 0.3) is 0 Å². The summed E-state index contributed by atoms with van der Waals surface area (Å²) in [4.78, 5) is 13.3. The third-order valence-corrected chi connectivity index (χ3v) is 3.20. The molecule has 4 heteroatoms. The smallest absolute Gasteiger partial charge is 0.111 e. The zero-order valence-electron chi connectivity index (χ0n) is 11.0. The molecule has 0 unspecified atom stereocenters. The number of hydrogen-bond acceptors (Lipinski definition) is 3. The van der Waals surface area contributed by atoms with Gasteiger partial charge in [0.1, 0.15) is 6.34 Å². The Morgan fingerprint density at radius 1 is 1.44 bits per heavy atom. The van der Waals surface area contributed by atoms with Crippen LogP contribution in [-0.4, -0.2) is 61.2 Å². The van der Waals surface area contributed by atoms with Crippen LogP contribution in [0.5, 0.6) is 0 Å². The molecule has 92 valence electrons. The molecule has 1 aliphatic rings. The van der Waals surface area contributed by atoms with Crippen LogP contribution in [-0.2, 0) is 0 Å². The third-order valence-electron chi connectivity index (χ3n) is 3.20. The predicted octanol–water partition coefficient (Wildman–Crippen LogP) is 1.48. The van der Waals surface area contributed by atoms with Crippen molar-refractivity contribution >= 4 is 12.1 Å². The molecule has 0 N–H and O–H groups in total. The van der Waals surface area contributed by atoms with Gasteiger partial charge in [0.2, 0.25) is 0 Å². The molecular weight excluding hydrogens is 200 g/mol. The Kier molecular flexibility index (Phi) is 5.63. The van der Waals surface area contributed by atoms with Gasteiger partial charge in [-0.1, -0.05) is 6.92 Å². The highest BCUT2D eigenvalue weighted by Crippen LogP contribution is 2.06. The Morgan fingerprint density at radius 2 is 2.19 bits per heavy atom. The van der Waals surface area contributed by atoms with Gasteiger partial charge in [-0.05, 0) is 27.3 Å². The van der Waals surface area contributed by atoms with Gasteiger partial charge in [0.05, 0.1) is 6.67 Å². The van der Waals surface area contributed by atoms with E-state index in [0.29, 0.717) is 6.04 Å². The van der Waals surface area contributed by atoms with Gasteiger partial charge >= 0.3 is 0 Å². The van der Waals surface area contributed by atoms with Crippen molar-refractivity contribution in [2.75, 3.05) is 33.4 Å². The number of hydrogen-bond donors (Lipinski definition) is 0. The molecule has 0 aromatic carbocycles. The standard InChI is InChI=1S/C12H24N4/c1-5-11(2)14-9-13-10-16-7-6-15(4)12(3)8-16/h9,12H,5-8,10H2,1-4H3/t12-/m1/s1. The fourth-order valence-electron chi connectivity index (χ4n) is 1.63. The summed E-state index contributed by atoms with van der Waals surface area (Å²) < 4.78 is 0. The first-order chi connectivity index (χ1) is 7.63. The Morgan fingerprint density at radius 3 is 2.81 bits per heavy atom. The van der Waals surface area contributed by atoms with E-state index in [1.165, 1.54) is 0 Å². The SMILES string of the molecule is CCC(C)=NC=NCN1CCN(C)[C@H](C)C1. The monoisotopic (exact) mass is 224 g/mol. The Bertz CT molecular complexity index is 260. The summed E-state index contributed by atoms with van der Waals surface area (Å²) in [7, 11) is 2.18. The number of piperazine rings is 1. The van der Waals surface area contributed by atoms with Gasteiger partial charge in [-0.25, -0.2) is 4.99 Å². The lowest BCUT2D eigenvalue weighted by Crippen LogP contribution is -2.49. The highest BCUT2D eigenvalue weighted by Gasteiger charge is 2.19.